The van der Waals surface area contributed by atoms with Crippen LogP contribution in [-0.4, -0.2) is 41.6 Å². The van der Waals surface area contributed by atoms with E-state index in [4.69, 9.17) is 0 Å². The Labute approximate surface area is 94.5 Å². The van der Waals surface area contributed by atoms with Crippen LogP contribution in [0.3, 0.4) is 0 Å². The Morgan fingerprint density at radius 3 is 2.59 bits per heavy atom. The maximum Gasteiger partial charge on any atom is 0.275 e. The second kappa shape index (κ2) is 5.87. The van der Waals surface area contributed by atoms with Crippen molar-refractivity contribution in [2.45, 2.75) is 13.3 Å². The first-order valence-electron chi connectivity index (χ1n) is 4.63. The molecule has 94 valence electrons. The van der Waals surface area contributed by atoms with E-state index in [1.54, 1.807) is 0 Å². The highest BCUT2D eigenvalue weighted by Crippen LogP contribution is 1.99. The summed E-state index contributed by atoms with van der Waals surface area (Å²) in [6.45, 7) is 0.333. The number of hydrogen-bond donors (Lipinski definition) is 2. The number of halogens is 2. The summed E-state index contributed by atoms with van der Waals surface area (Å²) in [5.41, 5.74) is 0.224. The normalized spacial score (nSPS) is 10.4. The Morgan fingerprint density at radius 1 is 1.35 bits per heavy atom. The molecule has 0 atom stereocenters. The fourth-order valence-electron chi connectivity index (χ4n) is 0.935. The number of amides is 2. The molecule has 0 radical (unpaired) electrons. The topological polar surface area (TPSA) is 97.1 Å². The zero-order valence-electron chi connectivity index (χ0n) is 8.87. The number of hydrogen-bond acceptors (Lipinski definition) is 5. The Balaban J connectivity index is 2.34. The van der Waals surface area contributed by atoms with Gasteiger partial charge in [-0.3, -0.25) is 9.59 Å². The summed E-state index contributed by atoms with van der Waals surface area (Å²) in [5, 5.41) is 10.8. The molecule has 2 amide bonds. The lowest BCUT2D eigenvalue weighted by atomic mass is 10.3. The van der Waals surface area contributed by atoms with Crippen molar-refractivity contribution in [2.75, 3.05) is 13.1 Å². The molecule has 0 aliphatic heterocycles. The van der Waals surface area contributed by atoms with Gasteiger partial charge >= 0.3 is 0 Å². The molecule has 0 fully saturated rings. The predicted molar refractivity (Wildman–Crippen MR) is 50.4 cm³/mol. The predicted octanol–water partition coefficient (Wildman–Crippen LogP) is -0.511. The number of carbonyl (C=O) groups is 2. The van der Waals surface area contributed by atoms with Crippen molar-refractivity contribution in [2.24, 2.45) is 0 Å². The van der Waals surface area contributed by atoms with Gasteiger partial charge in [-0.15, -0.1) is 0 Å². The van der Waals surface area contributed by atoms with Crippen LogP contribution in [-0.2, 0) is 4.79 Å². The van der Waals surface area contributed by atoms with Crippen LogP contribution in [0, 0.1) is 6.92 Å². The molecule has 2 N–H and O–H groups in total. The standard InChI is InChI=1S/C8H10F2N4O3/c1-4-7(14-17-13-4)8(16)12-3-6(15)11-2-5(9)10/h5H,2-3H2,1H3,(H,11,15)(H,12,16). The average Bonchev–Trinajstić information content (AvgIpc) is 2.69. The van der Waals surface area contributed by atoms with Gasteiger partial charge in [0.1, 0.15) is 5.69 Å². The van der Waals surface area contributed by atoms with Gasteiger partial charge in [-0.2, -0.15) is 0 Å². The van der Waals surface area contributed by atoms with Crippen molar-refractivity contribution in [3.05, 3.63) is 11.4 Å². The summed E-state index contributed by atoms with van der Waals surface area (Å²) in [5.74, 6) is -1.37. The van der Waals surface area contributed by atoms with Crippen LogP contribution in [0.15, 0.2) is 4.63 Å². The number of carbonyl (C=O) groups excluding carboxylic acids is 2. The smallest absolute Gasteiger partial charge is 0.275 e. The molecule has 0 aromatic carbocycles. The molecule has 1 aromatic rings. The zero-order chi connectivity index (χ0) is 12.8. The van der Waals surface area contributed by atoms with Crippen molar-refractivity contribution < 1.29 is 23.0 Å². The van der Waals surface area contributed by atoms with E-state index >= 15 is 0 Å². The summed E-state index contributed by atoms with van der Waals surface area (Å²) in [6.07, 6.45) is -2.63. The number of alkyl halides is 2. The van der Waals surface area contributed by atoms with Crippen molar-refractivity contribution in [1.29, 1.82) is 0 Å². The lowest BCUT2D eigenvalue weighted by Crippen LogP contribution is -2.39. The lowest BCUT2D eigenvalue weighted by molar-refractivity contribution is -0.120. The molecule has 0 bridgehead atoms. The van der Waals surface area contributed by atoms with E-state index < -0.39 is 31.3 Å². The Hall–Kier alpha value is -2.06. The van der Waals surface area contributed by atoms with E-state index in [9.17, 15) is 18.4 Å². The van der Waals surface area contributed by atoms with Crippen LogP contribution >= 0.6 is 0 Å². The van der Waals surface area contributed by atoms with Gasteiger partial charge in [-0.25, -0.2) is 13.4 Å². The highest BCUT2D eigenvalue weighted by Gasteiger charge is 2.15. The molecular weight excluding hydrogens is 238 g/mol. The van der Waals surface area contributed by atoms with E-state index in [0.717, 1.165) is 0 Å². The average molecular weight is 248 g/mol. The molecule has 1 heterocycles. The number of aryl methyl sites for hydroxylation is 1. The monoisotopic (exact) mass is 248 g/mol. The van der Waals surface area contributed by atoms with E-state index in [1.165, 1.54) is 6.92 Å². The van der Waals surface area contributed by atoms with Gasteiger partial charge in [0.25, 0.3) is 12.3 Å². The Bertz CT molecular complexity index is 407. The zero-order valence-corrected chi connectivity index (χ0v) is 8.87. The molecule has 1 rings (SSSR count). The van der Waals surface area contributed by atoms with Crippen molar-refractivity contribution in [3.8, 4) is 0 Å². The van der Waals surface area contributed by atoms with Crippen LogP contribution in [0.4, 0.5) is 8.78 Å². The summed E-state index contributed by atoms with van der Waals surface area (Å²) in [7, 11) is 0. The summed E-state index contributed by atoms with van der Waals surface area (Å²) < 4.78 is 27.8. The fourth-order valence-corrected chi connectivity index (χ4v) is 0.935. The molecule has 9 heteroatoms. The van der Waals surface area contributed by atoms with Gasteiger partial charge < -0.3 is 10.6 Å². The van der Waals surface area contributed by atoms with Gasteiger partial charge in [0.15, 0.2) is 5.69 Å². The molecular formula is C8H10F2N4O3. The van der Waals surface area contributed by atoms with Gasteiger partial charge in [-0.1, -0.05) is 5.16 Å². The van der Waals surface area contributed by atoms with Gasteiger partial charge in [0, 0.05) is 0 Å². The third-order valence-corrected chi connectivity index (χ3v) is 1.73. The van der Waals surface area contributed by atoms with Gasteiger partial charge in [-0.05, 0) is 12.1 Å². The second-order valence-corrected chi connectivity index (χ2v) is 3.08. The molecule has 0 saturated heterocycles. The fraction of sp³-hybridized carbons (Fsp3) is 0.500. The van der Waals surface area contributed by atoms with Crippen molar-refractivity contribution in [1.82, 2.24) is 20.9 Å². The Morgan fingerprint density at radius 2 is 2.06 bits per heavy atom. The quantitative estimate of drug-likeness (QED) is 0.731. The summed E-state index contributed by atoms with van der Waals surface area (Å²) >= 11 is 0. The second-order valence-electron chi connectivity index (χ2n) is 3.08. The molecule has 17 heavy (non-hydrogen) atoms. The SMILES string of the molecule is Cc1nonc1C(=O)NCC(=O)NCC(F)F. The third-order valence-electron chi connectivity index (χ3n) is 1.73. The number of aromatic nitrogens is 2. The molecule has 0 spiro atoms. The molecule has 0 saturated carbocycles. The van der Waals surface area contributed by atoms with E-state index in [-0.39, 0.29) is 11.4 Å². The third kappa shape index (κ3) is 4.13. The van der Waals surface area contributed by atoms with Crippen molar-refractivity contribution in [3.63, 3.8) is 0 Å². The molecule has 1 aromatic heterocycles. The highest BCUT2D eigenvalue weighted by molar-refractivity contribution is 5.95. The van der Waals surface area contributed by atoms with Crippen LogP contribution in [0.5, 0.6) is 0 Å². The van der Waals surface area contributed by atoms with Crippen LogP contribution in [0.2, 0.25) is 0 Å². The van der Waals surface area contributed by atoms with E-state index in [1.807, 2.05) is 5.32 Å². The highest BCUT2D eigenvalue weighted by atomic mass is 19.3. The van der Waals surface area contributed by atoms with Crippen molar-refractivity contribution >= 4 is 11.8 Å². The lowest BCUT2D eigenvalue weighted by Gasteiger charge is -2.04. The Kier molecular flexibility index (Phi) is 4.49. The van der Waals surface area contributed by atoms with Crippen LogP contribution in [0.25, 0.3) is 0 Å². The minimum absolute atomic E-state index is 0.0494. The molecule has 0 unspecified atom stereocenters. The number of nitrogens with zero attached hydrogens (tertiary/aromatic N) is 2. The largest absolute Gasteiger partial charge is 0.349 e. The first-order chi connectivity index (χ1) is 8.00. The minimum Gasteiger partial charge on any atom is -0.349 e. The van der Waals surface area contributed by atoms with Gasteiger partial charge in [0.05, 0.1) is 13.1 Å². The van der Waals surface area contributed by atoms with Crippen LogP contribution < -0.4 is 10.6 Å². The summed E-state index contributed by atoms with van der Waals surface area (Å²) in [4.78, 5) is 22.4. The maximum atomic E-state index is 11.7. The maximum absolute atomic E-state index is 11.7. The van der Waals surface area contributed by atoms with Crippen LogP contribution in [0.1, 0.15) is 16.2 Å². The minimum atomic E-state index is -2.63. The number of nitrogens with one attached hydrogen (secondary N) is 2. The molecule has 0 aliphatic rings. The first-order valence-corrected chi connectivity index (χ1v) is 4.63. The molecule has 0 aliphatic carbocycles. The van der Waals surface area contributed by atoms with E-state index in [2.05, 4.69) is 20.3 Å². The first kappa shape index (κ1) is 13.0. The molecule has 7 nitrogen and oxygen atoms in total. The number of rotatable bonds is 5. The van der Waals surface area contributed by atoms with Gasteiger partial charge in [0.2, 0.25) is 5.91 Å². The summed E-state index contributed by atoms with van der Waals surface area (Å²) in [6, 6.07) is 0. The van der Waals surface area contributed by atoms with E-state index in [0.29, 0.717) is 0 Å².